The van der Waals surface area contributed by atoms with Gasteiger partial charge in [0.15, 0.2) is 0 Å². The smallest absolute Gasteiger partial charge is 0.233 e. The van der Waals surface area contributed by atoms with Crippen molar-refractivity contribution in [3.63, 3.8) is 0 Å². The second kappa shape index (κ2) is 6.67. The van der Waals surface area contributed by atoms with Gasteiger partial charge in [-0.15, -0.1) is 10.2 Å². The SMILES string of the molecule is CN1[C@@]2(C)C=C[C@]1(C)CC(Oc1ccc(-c3ccc(-n4ccnc4)cc3O)nn1)C2. The van der Waals surface area contributed by atoms with Gasteiger partial charge in [0.05, 0.1) is 17.7 Å². The van der Waals surface area contributed by atoms with E-state index < -0.39 is 0 Å². The molecule has 3 atom stereocenters. The first-order chi connectivity index (χ1) is 14.4. The number of piperidine rings is 1. The molecule has 1 unspecified atom stereocenters. The molecule has 0 amide bonds. The molecule has 1 fully saturated rings. The van der Waals surface area contributed by atoms with Crippen molar-refractivity contribution in [2.45, 2.75) is 43.9 Å². The molecular weight excluding hydrogens is 378 g/mol. The van der Waals surface area contributed by atoms with E-state index in [0.717, 1.165) is 18.5 Å². The number of rotatable bonds is 4. The number of aromatic nitrogens is 4. The van der Waals surface area contributed by atoms with Crippen molar-refractivity contribution in [3.05, 3.63) is 61.2 Å². The van der Waals surface area contributed by atoms with Gasteiger partial charge in [-0.2, -0.15) is 0 Å². The van der Waals surface area contributed by atoms with Gasteiger partial charge in [-0.3, -0.25) is 4.90 Å². The van der Waals surface area contributed by atoms with Gasteiger partial charge in [-0.25, -0.2) is 4.98 Å². The Balaban J connectivity index is 1.32. The summed E-state index contributed by atoms with van der Waals surface area (Å²) in [6.45, 7) is 4.49. The molecule has 1 saturated heterocycles. The Kier molecular flexibility index (Phi) is 4.18. The van der Waals surface area contributed by atoms with E-state index in [9.17, 15) is 5.11 Å². The van der Waals surface area contributed by atoms with E-state index in [-0.39, 0.29) is 22.9 Å². The maximum atomic E-state index is 10.5. The molecule has 2 aliphatic rings. The minimum Gasteiger partial charge on any atom is -0.507 e. The molecule has 154 valence electrons. The van der Waals surface area contributed by atoms with Gasteiger partial charge in [-0.1, -0.05) is 12.2 Å². The van der Waals surface area contributed by atoms with E-state index in [4.69, 9.17) is 4.74 Å². The van der Waals surface area contributed by atoms with Crippen molar-refractivity contribution in [2.24, 2.45) is 0 Å². The highest BCUT2D eigenvalue weighted by molar-refractivity contribution is 5.68. The zero-order valence-electron chi connectivity index (χ0n) is 17.4. The summed E-state index contributed by atoms with van der Waals surface area (Å²) in [5, 5.41) is 19.0. The fourth-order valence-corrected chi connectivity index (χ4v) is 4.66. The molecule has 3 aromatic rings. The second-order valence-corrected chi connectivity index (χ2v) is 8.68. The van der Waals surface area contributed by atoms with Crippen LogP contribution in [0.3, 0.4) is 0 Å². The Bertz CT molecular complexity index is 1070. The summed E-state index contributed by atoms with van der Waals surface area (Å²) in [6, 6.07) is 9.08. The number of nitrogens with zero attached hydrogens (tertiary/aromatic N) is 5. The Hall–Kier alpha value is -3.19. The van der Waals surface area contributed by atoms with Gasteiger partial charge in [0, 0.05) is 54.0 Å². The lowest BCUT2D eigenvalue weighted by atomic mass is 9.83. The number of ether oxygens (including phenoxy) is 1. The highest BCUT2D eigenvalue weighted by atomic mass is 16.5. The van der Waals surface area contributed by atoms with Gasteiger partial charge >= 0.3 is 0 Å². The molecule has 0 aliphatic carbocycles. The maximum absolute atomic E-state index is 10.5. The number of likely N-dealkylation sites (N-methyl/N-ethyl adjacent to an activating group) is 1. The molecule has 2 aromatic heterocycles. The number of phenols is 1. The predicted molar refractivity (Wildman–Crippen MR) is 114 cm³/mol. The van der Waals surface area contributed by atoms with Crippen molar-refractivity contribution >= 4 is 0 Å². The van der Waals surface area contributed by atoms with Gasteiger partial charge in [0.1, 0.15) is 11.9 Å². The zero-order valence-corrected chi connectivity index (χ0v) is 17.4. The average molecular weight is 403 g/mol. The van der Waals surface area contributed by atoms with Crippen LogP contribution < -0.4 is 4.74 Å². The fourth-order valence-electron chi connectivity index (χ4n) is 4.66. The summed E-state index contributed by atoms with van der Waals surface area (Å²) in [6.07, 6.45) is 11.7. The van der Waals surface area contributed by atoms with Crippen LogP contribution in [0, 0.1) is 0 Å². The van der Waals surface area contributed by atoms with E-state index in [2.05, 4.69) is 53.1 Å². The summed E-state index contributed by atoms with van der Waals surface area (Å²) in [5.74, 6) is 0.650. The largest absolute Gasteiger partial charge is 0.507 e. The van der Waals surface area contributed by atoms with Crippen LogP contribution in [0.15, 0.2) is 61.2 Å². The summed E-state index contributed by atoms with van der Waals surface area (Å²) in [4.78, 5) is 6.45. The minimum absolute atomic E-state index is 0.00775. The zero-order chi connectivity index (χ0) is 20.9. The maximum Gasteiger partial charge on any atom is 0.233 e. The van der Waals surface area contributed by atoms with Crippen LogP contribution in [0.1, 0.15) is 26.7 Å². The van der Waals surface area contributed by atoms with Crippen LogP contribution in [-0.4, -0.2) is 54.0 Å². The number of fused-ring (bicyclic) bond motifs is 2. The van der Waals surface area contributed by atoms with Crippen molar-refractivity contribution in [1.82, 2.24) is 24.6 Å². The lowest BCUT2D eigenvalue weighted by molar-refractivity contribution is -0.0141. The van der Waals surface area contributed by atoms with Crippen molar-refractivity contribution < 1.29 is 9.84 Å². The number of imidazole rings is 1. The van der Waals surface area contributed by atoms with Gasteiger partial charge < -0.3 is 14.4 Å². The van der Waals surface area contributed by atoms with E-state index in [1.807, 2.05) is 35.0 Å². The van der Waals surface area contributed by atoms with Crippen LogP contribution in [-0.2, 0) is 0 Å². The summed E-state index contributed by atoms with van der Waals surface area (Å²) in [7, 11) is 2.18. The third kappa shape index (κ3) is 3.06. The summed E-state index contributed by atoms with van der Waals surface area (Å²) in [5.41, 5.74) is 2.07. The van der Waals surface area contributed by atoms with Gasteiger partial charge in [0.2, 0.25) is 5.88 Å². The summed E-state index contributed by atoms with van der Waals surface area (Å²) < 4.78 is 8.02. The Morgan fingerprint density at radius 3 is 2.43 bits per heavy atom. The first-order valence-corrected chi connectivity index (χ1v) is 10.1. The van der Waals surface area contributed by atoms with Crippen molar-refractivity contribution in [2.75, 3.05) is 7.05 Å². The first-order valence-electron chi connectivity index (χ1n) is 10.1. The highest BCUT2D eigenvalue weighted by Gasteiger charge is 2.50. The minimum atomic E-state index is 0.00775. The van der Waals surface area contributed by atoms with E-state index >= 15 is 0 Å². The molecule has 0 radical (unpaired) electrons. The predicted octanol–water partition coefficient (Wildman–Crippen LogP) is 3.60. The van der Waals surface area contributed by atoms with Crippen LogP contribution in [0.2, 0.25) is 0 Å². The lowest BCUT2D eigenvalue weighted by Gasteiger charge is -2.49. The fraction of sp³-hybridized carbons (Fsp3) is 0.348. The highest BCUT2D eigenvalue weighted by Crippen LogP contribution is 2.45. The third-order valence-corrected chi connectivity index (χ3v) is 6.60. The monoisotopic (exact) mass is 403 g/mol. The van der Waals surface area contributed by atoms with Gasteiger partial charge in [-0.05, 0) is 39.1 Å². The lowest BCUT2D eigenvalue weighted by Crippen LogP contribution is -2.57. The molecule has 1 N–H and O–H groups in total. The van der Waals surface area contributed by atoms with Crippen LogP contribution in [0.4, 0.5) is 0 Å². The van der Waals surface area contributed by atoms with E-state index in [1.54, 1.807) is 18.6 Å². The topological polar surface area (TPSA) is 76.3 Å². The third-order valence-electron chi connectivity index (χ3n) is 6.60. The normalized spacial score (nSPS) is 28.0. The van der Waals surface area contributed by atoms with E-state index in [0.29, 0.717) is 17.1 Å². The Labute approximate surface area is 175 Å². The standard InChI is InChI=1S/C23H25N5O2/c1-22-8-9-23(2,27(22)3)14-17(13-22)30-21-7-6-19(25-26-21)18-5-4-16(12-20(18)29)28-11-10-24-15-28/h4-12,15,17,29H,13-14H2,1-3H3/t17?,22-,23+. The number of aromatic hydroxyl groups is 1. The van der Waals surface area contributed by atoms with E-state index in [1.165, 1.54) is 0 Å². The Morgan fingerprint density at radius 1 is 1.07 bits per heavy atom. The van der Waals surface area contributed by atoms with Crippen molar-refractivity contribution in [1.29, 1.82) is 0 Å². The molecule has 4 heterocycles. The van der Waals surface area contributed by atoms with Crippen LogP contribution in [0.25, 0.3) is 16.9 Å². The number of benzene rings is 1. The molecule has 0 spiro atoms. The van der Waals surface area contributed by atoms with Crippen molar-refractivity contribution in [3.8, 4) is 28.6 Å². The molecule has 7 nitrogen and oxygen atoms in total. The molecule has 2 aliphatic heterocycles. The molecule has 1 aromatic carbocycles. The molecule has 30 heavy (non-hydrogen) atoms. The van der Waals surface area contributed by atoms with Gasteiger partial charge in [0.25, 0.3) is 0 Å². The van der Waals surface area contributed by atoms with Crippen LogP contribution in [0.5, 0.6) is 11.6 Å². The number of hydrogen-bond acceptors (Lipinski definition) is 6. The average Bonchev–Trinajstić information content (AvgIpc) is 3.30. The number of hydrogen-bond donors (Lipinski definition) is 1. The first kappa shape index (κ1) is 18.8. The summed E-state index contributed by atoms with van der Waals surface area (Å²) >= 11 is 0. The number of phenolic OH excluding ortho intramolecular Hbond substituents is 1. The molecular formula is C23H25N5O2. The van der Waals surface area contributed by atoms with Crippen LogP contribution >= 0.6 is 0 Å². The quantitative estimate of drug-likeness (QED) is 0.671. The molecule has 2 bridgehead atoms. The Morgan fingerprint density at radius 2 is 1.83 bits per heavy atom. The molecule has 5 rings (SSSR count). The molecule has 7 heteroatoms. The second-order valence-electron chi connectivity index (χ2n) is 8.68. The molecule has 0 saturated carbocycles.